The molecule has 1 fully saturated rings. The minimum atomic E-state index is -1.11. The average molecular weight is 369 g/mol. The number of amides is 2. The number of carboxylic acid groups (broad SMARTS) is 1. The van der Waals surface area contributed by atoms with Gasteiger partial charge in [-0.15, -0.1) is 0 Å². The second-order valence-corrected chi connectivity index (χ2v) is 6.56. The Morgan fingerprint density at radius 1 is 1.32 bits per heavy atom. The number of nitrogens with one attached hydrogen (secondary N) is 1. The van der Waals surface area contributed by atoms with Gasteiger partial charge in [-0.3, -0.25) is 9.59 Å². The van der Waals surface area contributed by atoms with E-state index in [9.17, 15) is 14.4 Å². The second kappa shape index (κ2) is 8.31. The fraction of sp³-hybridized carbons (Fsp3) is 0.471. The molecule has 0 aromatic heterocycles. The maximum Gasteiger partial charge on any atom is 0.334 e. The van der Waals surface area contributed by atoms with E-state index in [0.717, 1.165) is 0 Å². The monoisotopic (exact) mass is 368 g/mol. The molecule has 1 aliphatic rings. The molecular formula is C17H21ClN2O5. The van der Waals surface area contributed by atoms with Crippen molar-refractivity contribution in [3.8, 4) is 0 Å². The number of hydrogen-bond acceptors (Lipinski definition) is 4. The Morgan fingerprint density at radius 2 is 2.00 bits per heavy atom. The normalized spacial score (nSPS) is 18.7. The first-order chi connectivity index (χ1) is 11.8. The first-order valence-electron chi connectivity index (χ1n) is 8.00. The van der Waals surface area contributed by atoms with Crippen molar-refractivity contribution in [1.82, 2.24) is 10.2 Å². The van der Waals surface area contributed by atoms with E-state index in [-0.39, 0.29) is 37.1 Å². The summed E-state index contributed by atoms with van der Waals surface area (Å²) < 4.78 is 5.13. The van der Waals surface area contributed by atoms with E-state index in [4.69, 9.17) is 21.4 Å². The summed E-state index contributed by atoms with van der Waals surface area (Å²) in [6.07, 6.45) is -1.05. The summed E-state index contributed by atoms with van der Waals surface area (Å²) in [4.78, 5) is 37.7. The molecule has 1 aromatic carbocycles. The van der Waals surface area contributed by atoms with Gasteiger partial charge in [-0.25, -0.2) is 4.79 Å². The van der Waals surface area contributed by atoms with Crippen LogP contribution in [0.5, 0.6) is 0 Å². The van der Waals surface area contributed by atoms with Crippen LogP contribution < -0.4 is 5.32 Å². The van der Waals surface area contributed by atoms with Crippen molar-refractivity contribution in [2.75, 3.05) is 19.7 Å². The van der Waals surface area contributed by atoms with Crippen LogP contribution in [0.3, 0.4) is 0 Å². The Hall–Kier alpha value is -2.12. The number of carbonyl (C=O) groups is 3. The van der Waals surface area contributed by atoms with Gasteiger partial charge < -0.3 is 20.1 Å². The van der Waals surface area contributed by atoms with Gasteiger partial charge in [0.1, 0.15) is 6.04 Å². The molecule has 0 radical (unpaired) electrons. The molecule has 0 bridgehead atoms. The number of morpholine rings is 1. The summed E-state index contributed by atoms with van der Waals surface area (Å²) in [5, 5.41) is 12.1. The van der Waals surface area contributed by atoms with Gasteiger partial charge in [0, 0.05) is 6.54 Å². The van der Waals surface area contributed by atoms with Crippen LogP contribution in [-0.2, 0) is 14.3 Å². The predicted octanol–water partition coefficient (Wildman–Crippen LogP) is 1.41. The highest BCUT2D eigenvalue weighted by Crippen LogP contribution is 2.17. The van der Waals surface area contributed by atoms with Crippen LogP contribution in [0.15, 0.2) is 24.3 Å². The highest BCUT2D eigenvalue weighted by molar-refractivity contribution is 6.33. The molecule has 0 spiro atoms. The molecule has 136 valence electrons. The van der Waals surface area contributed by atoms with E-state index in [1.54, 1.807) is 24.3 Å². The second-order valence-electron chi connectivity index (χ2n) is 6.16. The molecule has 1 heterocycles. The lowest BCUT2D eigenvalue weighted by molar-refractivity contribution is -0.160. The number of ether oxygens (including phenoxy) is 1. The van der Waals surface area contributed by atoms with Gasteiger partial charge in [-0.1, -0.05) is 37.6 Å². The third-order valence-electron chi connectivity index (χ3n) is 3.99. The van der Waals surface area contributed by atoms with Crippen molar-refractivity contribution >= 4 is 29.4 Å². The molecule has 2 unspecified atom stereocenters. The van der Waals surface area contributed by atoms with Crippen molar-refractivity contribution in [1.29, 1.82) is 0 Å². The van der Waals surface area contributed by atoms with Gasteiger partial charge in [-0.05, 0) is 18.1 Å². The lowest BCUT2D eigenvalue weighted by Crippen LogP contribution is -2.56. The molecule has 1 aromatic rings. The average Bonchev–Trinajstić information content (AvgIpc) is 2.59. The zero-order valence-electron chi connectivity index (χ0n) is 14.1. The van der Waals surface area contributed by atoms with Gasteiger partial charge in [0.2, 0.25) is 5.91 Å². The zero-order chi connectivity index (χ0) is 18.6. The first kappa shape index (κ1) is 19.2. The lowest BCUT2D eigenvalue weighted by atomic mass is 10.0. The number of nitrogens with zero attached hydrogens (tertiary/aromatic N) is 1. The Bertz CT molecular complexity index is 664. The van der Waals surface area contributed by atoms with Crippen molar-refractivity contribution in [2.24, 2.45) is 5.92 Å². The summed E-state index contributed by atoms with van der Waals surface area (Å²) in [6, 6.07) is 5.80. The smallest absolute Gasteiger partial charge is 0.334 e. The van der Waals surface area contributed by atoms with Crippen LogP contribution in [0.1, 0.15) is 24.2 Å². The van der Waals surface area contributed by atoms with Crippen molar-refractivity contribution in [3.63, 3.8) is 0 Å². The molecule has 0 saturated carbocycles. The van der Waals surface area contributed by atoms with Crippen molar-refractivity contribution < 1.29 is 24.2 Å². The van der Waals surface area contributed by atoms with Gasteiger partial charge >= 0.3 is 5.97 Å². The highest BCUT2D eigenvalue weighted by atomic mass is 35.5. The molecule has 0 aliphatic carbocycles. The third kappa shape index (κ3) is 4.70. The van der Waals surface area contributed by atoms with E-state index in [1.807, 2.05) is 13.8 Å². The highest BCUT2D eigenvalue weighted by Gasteiger charge is 2.34. The largest absolute Gasteiger partial charge is 0.479 e. The van der Waals surface area contributed by atoms with Gasteiger partial charge in [-0.2, -0.15) is 0 Å². The number of carbonyl (C=O) groups excluding carboxylic acids is 2. The summed E-state index contributed by atoms with van der Waals surface area (Å²) in [7, 11) is 0. The standard InChI is InChI=1S/C17H21ClN2O5/c1-10(2)14(19-15(21)11-5-3-4-6-12(11)18)16(22)20-7-8-25-13(9-20)17(23)24/h3-6,10,13-14H,7-9H2,1-2H3,(H,19,21)(H,23,24). The fourth-order valence-electron chi connectivity index (χ4n) is 2.57. The quantitative estimate of drug-likeness (QED) is 0.819. The maximum absolute atomic E-state index is 12.8. The molecule has 8 heteroatoms. The molecule has 1 saturated heterocycles. The Morgan fingerprint density at radius 3 is 2.60 bits per heavy atom. The Balaban J connectivity index is 2.12. The number of hydrogen-bond donors (Lipinski definition) is 2. The number of benzene rings is 1. The summed E-state index contributed by atoms with van der Waals surface area (Å²) >= 11 is 6.03. The van der Waals surface area contributed by atoms with E-state index < -0.39 is 24.0 Å². The fourth-order valence-corrected chi connectivity index (χ4v) is 2.80. The Labute approximate surface area is 150 Å². The van der Waals surface area contributed by atoms with Crippen molar-refractivity contribution in [3.05, 3.63) is 34.9 Å². The minimum absolute atomic E-state index is 0.0423. The van der Waals surface area contributed by atoms with Crippen LogP contribution in [-0.4, -0.2) is 59.6 Å². The third-order valence-corrected chi connectivity index (χ3v) is 4.32. The van der Waals surface area contributed by atoms with Crippen LogP contribution in [0, 0.1) is 5.92 Å². The molecule has 2 N–H and O–H groups in total. The number of rotatable bonds is 5. The molecular weight excluding hydrogens is 348 g/mol. The molecule has 2 atom stereocenters. The SMILES string of the molecule is CC(C)C(NC(=O)c1ccccc1Cl)C(=O)N1CCOC(C(=O)O)C1. The predicted molar refractivity (Wildman–Crippen MR) is 91.5 cm³/mol. The first-order valence-corrected chi connectivity index (χ1v) is 8.37. The van der Waals surface area contributed by atoms with E-state index in [1.165, 1.54) is 4.90 Å². The summed E-state index contributed by atoms with van der Waals surface area (Å²) in [5.41, 5.74) is 0.285. The molecule has 1 aliphatic heterocycles. The summed E-state index contributed by atoms with van der Waals surface area (Å²) in [6.45, 7) is 4.01. The van der Waals surface area contributed by atoms with Gasteiger partial charge in [0.25, 0.3) is 5.91 Å². The van der Waals surface area contributed by atoms with Gasteiger partial charge in [0.05, 0.1) is 23.7 Å². The number of carboxylic acids is 1. The van der Waals surface area contributed by atoms with Gasteiger partial charge in [0.15, 0.2) is 6.10 Å². The number of halogens is 1. The topological polar surface area (TPSA) is 95.9 Å². The van der Waals surface area contributed by atoms with Crippen LogP contribution in [0.25, 0.3) is 0 Å². The van der Waals surface area contributed by atoms with E-state index in [0.29, 0.717) is 5.02 Å². The molecule has 2 amide bonds. The molecule has 7 nitrogen and oxygen atoms in total. The lowest BCUT2D eigenvalue weighted by Gasteiger charge is -2.34. The van der Waals surface area contributed by atoms with E-state index in [2.05, 4.69) is 5.32 Å². The van der Waals surface area contributed by atoms with E-state index >= 15 is 0 Å². The number of aliphatic carboxylic acids is 1. The van der Waals surface area contributed by atoms with Crippen molar-refractivity contribution in [2.45, 2.75) is 26.0 Å². The molecule has 2 rings (SSSR count). The molecule has 25 heavy (non-hydrogen) atoms. The zero-order valence-corrected chi connectivity index (χ0v) is 14.8. The minimum Gasteiger partial charge on any atom is -0.479 e. The maximum atomic E-state index is 12.8. The summed E-state index contributed by atoms with van der Waals surface area (Å²) in [5.74, 6) is -2.06. The van der Waals surface area contributed by atoms with Crippen LogP contribution in [0.4, 0.5) is 0 Å². The van der Waals surface area contributed by atoms with Crippen LogP contribution in [0.2, 0.25) is 5.02 Å². The van der Waals surface area contributed by atoms with Crippen LogP contribution >= 0.6 is 11.6 Å². The Kier molecular flexibility index (Phi) is 6.39.